The van der Waals surface area contributed by atoms with Gasteiger partial charge >= 0.3 is 0 Å². The van der Waals surface area contributed by atoms with Crippen LogP contribution < -0.4 is 5.73 Å². The highest BCUT2D eigenvalue weighted by atomic mass is 79.9. The van der Waals surface area contributed by atoms with Crippen LogP contribution in [-0.2, 0) is 6.42 Å². The molecule has 0 amide bonds. The minimum Gasteiger partial charge on any atom is -0.324 e. The molecule has 1 nitrogen and oxygen atoms in total. The summed E-state index contributed by atoms with van der Waals surface area (Å²) in [6.07, 6.45) is 0.734. The van der Waals surface area contributed by atoms with Gasteiger partial charge < -0.3 is 5.73 Å². The van der Waals surface area contributed by atoms with Crippen LogP contribution in [0.2, 0.25) is 10.0 Å². The van der Waals surface area contributed by atoms with Crippen molar-refractivity contribution in [3.63, 3.8) is 0 Å². The van der Waals surface area contributed by atoms with Crippen molar-refractivity contribution in [2.75, 3.05) is 0 Å². The van der Waals surface area contributed by atoms with E-state index in [1.165, 1.54) is 5.56 Å². The topological polar surface area (TPSA) is 26.0 Å². The Morgan fingerprint density at radius 3 is 2.28 bits per heavy atom. The van der Waals surface area contributed by atoms with Gasteiger partial charge in [0.1, 0.15) is 0 Å². The summed E-state index contributed by atoms with van der Waals surface area (Å²) in [7, 11) is 0. The largest absolute Gasteiger partial charge is 0.324 e. The van der Waals surface area contributed by atoms with Gasteiger partial charge in [-0.3, -0.25) is 0 Å². The molecule has 2 N–H and O–H groups in total. The Hall–Kier alpha value is -0.540. The van der Waals surface area contributed by atoms with Crippen molar-refractivity contribution < 1.29 is 0 Å². The number of hydrogen-bond acceptors (Lipinski definition) is 1. The van der Waals surface area contributed by atoms with Crippen LogP contribution in [0.3, 0.4) is 0 Å². The summed E-state index contributed by atoms with van der Waals surface area (Å²) in [4.78, 5) is 0. The van der Waals surface area contributed by atoms with E-state index in [1.54, 1.807) is 6.07 Å². The molecule has 4 heteroatoms. The molecule has 0 aromatic heterocycles. The molecule has 0 bridgehead atoms. The van der Waals surface area contributed by atoms with E-state index in [4.69, 9.17) is 28.9 Å². The Morgan fingerprint density at radius 2 is 1.67 bits per heavy atom. The smallest absolute Gasteiger partial charge is 0.0424 e. The molecule has 1 unspecified atom stereocenters. The van der Waals surface area contributed by atoms with Gasteiger partial charge in [-0.2, -0.15) is 0 Å². The molecule has 0 radical (unpaired) electrons. The number of halogens is 3. The molecule has 2 rings (SSSR count). The predicted molar refractivity (Wildman–Crippen MR) is 81.2 cm³/mol. The molecular formula is C14H12BrCl2N. The lowest BCUT2D eigenvalue weighted by Crippen LogP contribution is -2.13. The highest BCUT2D eigenvalue weighted by Gasteiger charge is 2.10. The van der Waals surface area contributed by atoms with E-state index < -0.39 is 0 Å². The standard InChI is InChI=1S/C14H12BrCl2N/c15-13-4-2-1-3-9(13)7-14(18)10-5-11(16)8-12(17)6-10/h1-6,8,14H,7,18H2. The average Bonchev–Trinajstić information content (AvgIpc) is 2.31. The molecular weight excluding hydrogens is 333 g/mol. The van der Waals surface area contributed by atoms with Gasteiger partial charge in [0.15, 0.2) is 0 Å². The van der Waals surface area contributed by atoms with Gasteiger partial charge in [-0.05, 0) is 41.8 Å². The maximum atomic E-state index is 6.20. The van der Waals surface area contributed by atoms with Crippen LogP contribution in [0.5, 0.6) is 0 Å². The molecule has 2 aromatic carbocycles. The van der Waals surface area contributed by atoms with Crippen molar-refractivity contribution in [3.05, 3.63) is 68.1 Å². The molecule has 94 valence electrons. The van der Waals surface area contributed by atoms with Crippen LogP contribution in [0.1, 0.15) is 17.2 Å². The molecule has 1 atom stereocenters. The SMILES string of the molecule is NC(Cc1ccccc1Br)c1cc(Cl)cc(Cl)c1. The first-order valence-corrected chi connectivity index (χ1v) is 7.06. The van der Waals surface area contributed by atoms with Crippen LogP contribution in [-0.4, -0.2) is 0 Å². The molecule has 2 aromatic rings. The first-order chi connectivity index (χ1) is 8.56. The highest BCUT2D eigenvalue weighted by Crippen LogP contribution is 2.26. The third-order valence-corrected chi connectivity index (χ3v) is 3.92. The zero-order valence-electron chi connectivity index (χ0n) is 9.54. The lowest BCUT2D eigenvalue weighted by atomic mass is 10.00. The van der Waals surface area contributed by atoms with Crippen molar-refractivity contribution in [2.45, 2.75) is 12.5 Å². The number of benzene rings is 2. The Bertz CT molecular complexity index is 537. The molecule has 0 spiro atoms. The van der Waals surface area contributed by atoms with E-state index in [-0.39, 0.29) is 6.04 Å². The summed E-state index contributed by atoms with van der Waals surface area (Å²) < 4.78 is 1.06. The van der Waals surface area contributed by atoms with Gasteiger partial charge in [-0.15, -0.1) is 0 Å². The third kappa shape index (κ3) is 3.48. The van der Waals surface area contributed by atoms with Crippen LogP contribution in [0.25, 0.3) is 0 Å². The average molecular weight is 345 g/mol. The molecule has 0 saturated carbocycles. The molecule has 0 saturated heterocycles. The van der Waals surface area contributed by atoms with Gasteiger partial charge in [-0.1, -0.05) is 57.3 Å². The van der Waals surface area contributed by atoms with E-state index in [0.717, 1.165) is 16.5 Å². The van der Waals surface area contributed by atoms with Crippen LogP contribution in [0.4, 0.5) is 0 Å². The fourth-order valence-corrected chi connectivity index (χ4v) is 2.80. The van der Waals surface area contributed by atoms with Crippen LogP contribution in [0, 0.1) is 0 Å². The van der Waals surface area contributed by atoms with E-state index >= 15 is 0 Å². The van der Waals surface area contributed by atoms with Crippen molar-refractivity contribution in [3.8, 4) is 0 Å². The Balaban J connectivity index is 2.22. The van der Waals surface area contributed by atoms with Crippen LogP contribution in [0.15, 0.2) is 46.9 Å². The fourth-order valence-electron chi connectivity index (χ4n) is 1.81. The minimum absolute atomic E-state index is 0.125. The zero-order valence-corrected chi connectivity index (χ0v) is 12.6. The van der Waals surface area contributed by atoms with Gasteiger partial charge in [0.2, 0.25) is 0 Å². The van der Waals surface area contributed by atoms with Gasteiger partial charge in [0.05, 0.1) is 0 Å². The van der Waals surface area contributed by atoms with E-state index in [0.29, 0.717) is 10.0 Å². The second kappa shape index (κ2) is 6.07. The van der Waals surface area contributed by atoms with Crippen molar-refractivity contribution in [2.24, 2.45) is 5.73 Å². The summed E-state index contributed by atoms with van der Waals surface area (Å²) in [6.45, 7) is 0. The summed E-state index contributed by atoms with van der Waals surface area (Å²) in [5.74, 6) is 0. The molecule has 0 aliphatic heterocycles. The van der Waals surface area contributed by atoms with Crippen molar-refractivity contribution >= 4 is 39.1 Å². The zero-order chi connectivity index (χ0) is 13.1. The maximum Gasteiger partial charge on any atom is 0.0424 e. The normalized spacial score (nSPS) is 12.4. The van der Waals surface area contributed by atoms with Gasteiger partial charge in [0, 0.05) is 20.6 Å². The summed E-state index contributed by atoms with van der Waals surface area (Å²) in [5.41, 5.74) is 8.31. The van der Waals surface area contributed by atoms with Gasteiger partial charge in [0.25, 0.3) is 0 Å². The maximum absolute atomic E-state index is 6.20. The Morgan fingerprint density at radius 1 is 1.06 bits per heavy atom. The molecule has 0 aliphatic rings. The summed E-state index contributed by atoms with van der Waals surface area (Å²) in [5, 5.41) is 1.22. The highest BCUT2D eigenvalue weighted by molar-refractivity contribution is 9.10. The summed E-state index contributed by atoms with van der Waals surface area (Å²) in [6, 6.07) is 13.3. The molecule has 0 aliphatic carbocycles. The van der Waals surface area contributed by atoms with E-state index in [1.807, 2.05) is 30.3 Å². The number of hydrogen-bond donors (Lipinski definition) is 1. The number of rotatable bonds is 3. The van der Waals surface area contributed by atoms with Crippen molar-refractivity contribution in [1.82, 2.24) is 0 Å². The summed E-state index contributed by atoms with van der Waals surface area (Å²) >= 11 is 15.5. The lowest BCUT2D eigenvalue weighted by molar-refractivity contribution is 0.720. The quantitative estimate of drug-likeness (QED) is 0.833. The molecule has 0 fully saturated rings. The number of nitrogens with two attached hydrogens (primary N) is 1. The first kappa shape index (κ1) is 13.9. The second-order valence-corrected chi connectivity index (χ2v) is 5.83. The molecule has 18 heavy (non-hydrogen) atoms. The predicted octanol–water partition coefficient (Wildman–Crippen LogP) is 5.00. The second-order valence-electron chi connectivity index (χ2n) is 4.10. The van der Waals surface area contributed by atoms with Crippen molar-refractivity contribution in [1.29, 1.82) is 0 Å². The molecule has 0 heterocycles. The first-order valence-electron chi connectivity index (χ1n) is 5.51. The fraction of sp³-hybridized carbons (Fsp3) is 0.143. The van der Waals surface area contributed by atoms with Gasteiger partial charge in [-0.25, -0.2) is 0 Å². The third-order valence-electron chi connectivity index (χ3n) is 2.71. The minimum atomic E-state index is -0.125. The van der Waals surface area contributed by atoms with Crippen LogP contribution >= 0.6 is 39.1 Å². The monoisotopic (exact) mass is 343 g/mol. The Kier molecular flexibility index (Phi) is 4.68. The Labute approximate surface area is 125 Å². The van der Waals surface area contributed by atoms with E-state index in [9.17, 15) is 0 Å². The lowest BCUT2D eigenvalue weighted by Gasteiger charge is -2.14. The van der Waals surface area contributed by atoms with E-state index in [2.05, 4.69) is 22.0 Å².